The Labute approximate surface area is 211 Å². The first-order chi connectivity index (χ1) is 16.1. The minimum atomic E-state index is -1.86. The predicted octanol–water partition coefficient (Wildman–Crippen LogP) is 4.39. The van der Waals surface area contributed by atoms with Gasteiger partial charge in [0.2, 0.25) is 0 Å². The molecule has 0 aromatic carbocycles. The summed E-state index contributed by atoms with van der Waals surface area (Å²) in [5.74, 6) is 0.330. The zero-order chi connectivity index (χ0) is 26.4. The van der Waals surface area contributed by atoms with Gasteiger partial charge in [0, 0.05) is 47.1 Å². The van der Waals surface area contributed by atoms with Gasteiger partial charge >= 0.3 is 6.09 Å². The summed E-state index contributed by atoms with van der Waals surface area (Å²) >= 11 is 0. The second-order valence-electron chi connectivity index (χ2n) is 11.8. The average Bonchev–Trinajstić information content (AvgIpc) is 2.74. The molecule has 0 bridgehead atoms. The largest absolute Gasteiger partial charge is 0.465 e. The molecule has 11 heteroatoms. The first kappa shape index (κ1) is 29.3. The van der Waals surface area contributed by atoms with Crippen LogP contribution in [0.4, 0.5) is 10.6 Å². The van der Waals surface area contributed by atoms with Crippen LogP contribution in [0.1, 0.15) is 26.5 Å². The van der Waals surface area contributed by atoms with E-state index in [0.717, 1.165) is 6.04 Å². The topological polar surface area (TPSA) is 97.1 Å². The summed E-state index contributed by atoms with van der Waals surface area (Å²) in [6.07, 6.45) is 4.60. The van der Waals surface area contributed by atoms with Gasteiger partial charge in [-0.2, -0.15) is 0 Å². The molecule has 1 aliphatic rings. The standard InChI is InChI=1S/C24H44N4O5Si2/c1-24(2,3)35(7,8)33-15-9-10-20-18-28(19-32-16-17-34(4,5)6)22(29)21(25-20)26-11-13-27(14-12-26)23(30)31/h9-10,18H,11-17,19H2,1-8H3,(H,30,31)/b10-9+. The fourth-order valence-corrected chi connectivity index (χ4v) is 4.92. The number of carboxylic acid groups (broad SMARTS) is 1. The van der Waals surface area contributed by atoms with Crippen LogP contribution >= 0.6 is 0 Å². The lowest BCUT2D eigenvalue weighted by molar-refractivity contribution is 0.0845. The van der Waals surface area contributed by atoms with Gasteiger partial charge in [-0.3, -0.25) is 9.36 Å². The molecule has 1 aromatic heterocycles. The summed E-state index contributed by atoms with van der Waals surface area (Å²) in [6.45, 7) is 20.7. The van der Waals surface area contributed by atoms with Crippen LogP contribution in [0.25, 0.3) is 6.08 Å². The van der Waals surface area contributed by atoms with Crippen molar-refractivity contribution in [3.8, 4) is 0 Å². The van der Waals surface area contributed by atoms with Gasteiger partial charge in [0.1, 0.15) is 6.73 Å². The van der Waals surface area contributed by atoms with Gasteiger partial charge in [0.05, 0.1) is 12.3 Å². The monoisotopic (exact) mass is 524 g/mol. The lowest BCUT2D eigenvalue weighted by Crippen LogP contribution is -2.50. The second kappa shape index (κ2) is 11.9. The highest BCUT2D eigenvalue weighted by Crippen LogP contribution is 2.36. The van der Waals surface area contributed by atoms with Crippen LogP contribution < -0.4 is 10.5 Å². The number of piperazine rings is 1. The zero-order valence-electron chi connectivity index (χ0n) is 22.8. The highest BCUT2D eigenvalue weighted by atomic mass is 28.4. The third kappa shape index (κ3) is 8.89. The maximum Gasteiger partial charge on any atom is 0.407 e. The molecule has 0 radical (unpaired) electrons. The van der Waals surface area contributed by atoms with Crippen molar-refractivity contribution >= 4 is 34.4 Å². The van der Waals surface area contributed by atoms with Gasteiger partial charge < -0.3 is 24.1 Å². The summed E-state index contributed by atoms with van der Waals surface area (Å²) in [6, 6.07) is 1.02. The highest BCUT2D eigenvalue weighted by molar-refractivity contribution is 6.76. The Bertz CT molecular complexity index is 943. The molecule has 0 saturated carbocycles. The maximum atomic E-state index is 13.2. The minimum absolute atomic E-state index is 0.130. The first-order valence-electron chi connectivity index (χ1n) is 12.3. The Morgan fingerprint density at radius 1 is 1.14 bits per heavy atom. The van der Waals surface area contributed by atoms with Crippen LogP contribution in [0.15, 0.2) is 17.1 Å². The third-order valence-electron chi connectivity index (χ3n) is 6.69. The van der Waals surface area contributed by atoms with Crippen LogP contribution in [-0.4, -0.2) is 81.4 Å². The SMILES string of the molecule is CC(C)(C)[Si](C)(C)OC/C=C/c1cn(COCC[Si](C)(C)C)c(=O)c(N2CCN(C(=O)O)CC2)n1. The molecule has 35 heavy (non-hydrogen) atoms. The molecule has 0 aliphatic carbocycles. The molecule has 9 nitrogen and oxygen atoms in total. The van der Waals surface area contributed by atoms with E-state index in [4.69, 9.17) is 9.16 Å². The van der Waals surface area contributed by atoms with E-state index in [0.29, 0.717) is 50.9 Å². The smallest absolute Gasteiger partial charge is 0.407 e. The highest BCUT2D eigenvalue weighted by Gasteiger charge is 2.36. The van der Waals surface area contributed by atoms with Crippen molar-refractivity contribution in [3.63, 3.8) is 0 Å². The number of nitrogens with zero attached hydrogens (tertiary/aromatic N) is 4. The van der Waals surface area contributed by atoms with Crippen molar-refractivity contribution in [1.82, 2.24) is 14.5 Å². The van der Waals surface area contributed by atoms with E-state index in [2.05, 4.69) is 58.5 Å². The molecule has 0 atom stereocenters. The molecule has 2 heterocycles. The number of ether oxygens (including phenoxy) is 1. The van der Waals surface area contributed by atoms with E-state index in [1.165, 1.54) is 4.90 Å². The third-order valence-corrected chi connectivity index (χ3v) is 12.9. The number of amides is 1. The van der Waals surface area contributed by atoms with Gasteiger partial charge in [-0.15, -0.1) is 0 Å². The Kier molecular flexibility index (Phi) is 9.91. The normalized spacial score (nSPS) is 15.8. The van der Waals surface area contributed by atoms with Crippen LogP contribution in [0, 0.1) is 0 Å². The molecule has 2 rings (SSSR count). The van der Waals surface area contributed by atoms with Crippen LogP contribution in [-0.2, 0) is 15.9 Å². The van der Waals surface area contributed by atoms with E-state index >= 15 is 0 Å². The summed E-state index contributed by atoms with van der Waals surface area (Å²) in [4.78, 5) is 32.3. The van der Waals surface area contributed by atoms with Gasteiger partial charge in [0.15, 0.2) is 14.1 Å². The first-order valence-corrected chi connectivity index (χ1v) is 18.9. The van der Waals surface area contributed by atoms with Crippen molar-refractivity contribution < 1.29 is 19.1 Å². The molecular formula is C24H44N4O5Si2. The summed E-state index contributed by atoms with van der Waals surface area (Å²) in [7, 11) is -3.09. The summed E-state index contributed by atoms with van der Waals surface area (Å²) in [5.41, 5.74) is 0.421. The van der Waals surface area contributed by atoms with E-state index in [1.54, 1.807) is 10.8 Å². The van der Waals surface area contributed by atoms with E-state index in [-0.39, 0.29) is 17.3 Å². The lowest BCUT2D eigenvalue weighted by Gasteiger charge is -2.35. The van der Waals surface area contributed by atoms with Gasteiger partial charge in [-0.05, 0) is 30.3 Å². The molecular weight excluding hydrogens is 480 g/mol. The average molecular weight is 525 g/mol. The molecule has 1 fully saturated rings. The number of hydrogen-bond acceptors (Lipinski definition) is 6. The fraction of sp³-hybridized carbons (Fsp3) is 0.708. The Morgan fingerprint density at radius 2 is 1.77 bits per heavy atom. The van der Waals surface area contributed by atoms with Crippen molar-refractivity contribution in [2.45, 2.75) is 71.3 Å². The summed E-state index contributed by atoms with van der Waals surface area (Å²) < 4.78 is 13.6. The van der Waals surface area contributed by atoms with Gasteiger partial charge in [0.25, 0.3) is 5.56 Å². The molecule has 0 spiro atoms. The molecule has 0 unspecified atom stereocenters. The van der Waals surface area contributed by atoms with E-state index < -0.39 is 22.5 Å². The molecule has 1 aliphatic heterocycles. The fourth-order valence-electron chi connectivity index (χ4n) is 3.22. The lowest BCUT2D eigenvalue weighted by atomic mass is 10.2. The Morgan fingerprint density at radius 3 is 2.31 bits per heavy atom. The van der Waals surface area contributed by atoms with E-state index in [1.807, 2.05) is 17.1 Å². The predicted molar refractivity (Wildman–Crippen MR) is 147 cm³/mol. The van der Waals surface area contributed by atoms with Crippen molar-refractivity contribution in [2.75, 3.05) is 44.3 Å². The maximum absolute atomic E-state index is 13.2. The number of hydrogen-bond donors (Lipinski definition) is 1. The van der Waals surface area contributed by atoms with Crippen molar-refractivity contribution in [3.05, 3.63) is 28.3 Å². The van der Waals surface area contributed by atoms with Gasteiger partial charge in [-0.1, -0.05) is 46.5 Å². The molecule has 1 amide bonds. The van der Waals surface area contributed by atoms with Crippen LogP contribution in [0.5, 0.6) is 0 Å². The van der Waals surface area contributed by atoms with Gasteiger partial charge in [-0.25, -0.2) is 9.78 Å². The van der Waals surface area contributed by atoms with Crippen LogP contribution in [0.2, 0.25) is 43.8 Å². The zero-order valence-corrected chi connectivity index (χ0v) is 24.8. The Balaban J connectivity index is 2.21. The Hall–Kier alpha value is -1.96. The van der Waals surface area contributed by atoms with Crippen molar-refractivity contribution in [1.29, 1.82) is 0 Å². The second-order valence-corrected chi connectivity index (χ2v) is 22.3. The summed E-state index contributed by atoms with van der Waals surface area (Å²) in [5, 5.41) is 9.37. The number of carbonyl (C=O) groups is 1. The van der Waals surface area contributed by atoms with Crippen LogP contribution in [0.3, 0.4) is 0 Å². The molecule has 1 N–H and O–H groups in total. The minimum Gasteiger partial charge on any atom is -0.465 e. The van der Waals surface area contributed by atoms with Crippen molar-refractivity contribution in [2.24, 2.45) is 0 Å². The number of aromatic nitrogens is 2. The quantitative estimate of drug-likeness (QED) is 0.358. The van der Waals surface area contributed by atoms with E-state index in [9.17, 15) is 14.7 Å². The number of anilines is 1. The molecule has 198 valence electrons. The molecule has 1 aromatic rings. The molecule has 1 saturated heterocycles. The number of rotatable bonds is 10.